The number of halogens is 1. The van der Waals surface area contributed by atoms with Gasteiger partial charge in [0, 0.05) is 49.1 Å². The van der Waals surface area contributed by atoms with E-state index in [-0.39, 0.29) is 6.61 Å². The maximum absolute atomic E-state index is 10.1. The van der Waals surface area contributed by atoms with E-state index >= 15 is 0 Å². The van der Waals surface area contributed by atoms with E-state index in [9.17, 15) is 5.11 Å². The number of aliphatic hydroxyl groups is 1. The van der Waals surface area contributed by atoms with Gasteiger partial charge in [-0.2, -0.15) is 0 Å². The Morgan fingerprint density at radius 1 is 1.12 bits per heavy atom. The molecule has 1 fully saturated rings. The second-order valence-corrected chi connectivity index (χ2v) is 11.0. The van der Waals surface area contributed by atoms with E-state index in [0.29, 0.717) is 47.6 Å². The Kier molecular flexibility index (Phi) is 7.50. The summed E-state index contributed by atoms with van der Waals surface area (Å²) in [7, 11) is 1.78. The third-order valence-electron chi connectivity index (χ3n) is 7.53. The molecule has 1 atom stereocenters. The number of nitrogens with zero attached hydrogens (tertiary/aromatic N) is 7. The molecule has 0 spiro atoms. The summed E-state index contributed by atoms with van der Waals surface area (Å²) in [5, 5.41) is 17.7. The van der Waals surface area contributed by atoms with Crippen LogP contribution in [0.25, 0.3) is 22.6 Å². The summed E-state index contributed by atoms with van der Waals surface area (Å²) in [6.45, 7) is 9.60. The third-order valence-corrected chi connectivity index (χ3v) is 7.86. The third kappa shape index (κ3) is 5.32. The molecular weight excluding hydrogens is 544 g/mol. The summed E-state index contributed by atoms with van der Waals surface area (Å²) >= 11 is 6.71. The zero-order chi connectivity index (χ0) is 28.7. The minimum absolute atomic E-state index is 0.138. The highest BCUT2D eigenvalue weighted by molar-refractivity contribution is 6.33. The summed E-state index contributed by atoms with van der Waals surface area (Å²) < 4.78 is 11.4. The number of benzene rings is 1. The largest absolute Gasteiger partial charge is 0.491 e. The fraction of sp³-hybridized carbons (Fsp3) is 0.414. The van der Waals surface area contributed by atoms with Gasteiger partial charge in [-0.3, -0.25) is 0 Å². The smallest absolute Gasteiger partial charge is 0.225 e. The first-order valence-electron chi connectivity index (χ1n) is 13.7. The van der Waals surface area contributed by atoms with Gasteiger partial charge in [-0.05, 0) is 52.4 Å². The number of ether oxygens (including phenoxy) is 1. The van der Waals surface area contributed by atoms with Crippen molar-refractivity contribution in [2.45, 2.75) is 46.4 Å². The van der Waals surface area contributed by atoms with Gasteiger partial charge in [0.15, 0.2) is 5.82 Å². The molecular formula is C29H33ClN8O3. The van der Waals surface area contributed by atoms with Crippen LogP contribution in [0.15, 0.2) is 28.9 Å². The van der Waals surface area contributed by atoms with E-state index < -0.39 is 6.10 Å². The van der Waals surface area contributed by atoms with Crippen molar-refractivity contribution in [1.82, 2.24) is 30.4 Å². The average Bonchev–Trinajstić information content (AvgIpc) is 3.49. The van der Waals surface area contributed by atoms with Gasteiger partial charge >= 0.3 is 0 Å². The molecule has 11 nitrogen and oxygen atoms in total. The van der Waals surface area contributed by atoms with Crippen molar-refractivity contribution in [1.29, 1.82) is 0 Å². The zero-order valence-electron chi connectivity index (χ0n) is 23.6. The SMILES string of the molecule is CNC[C@@H](O)COc1ccc(Cl)c(-c2nc(-c3c(C)noc3C)c(C)c(N3Cc4cnc(N5CCC5)nc4C3)n2)c1. The molecule has 3 aromatic heterocycles. The number of nitrogens with one attached hydrogen (secondary N) is 1. The van der Waals surface area contributed by atoms with E-state index in [2.05, 4.69) is 25.3 Å². The fourth-order valence-corrected chi connectivity index (χ4v) is 5.41. The highest BCUT2D eigenvalue weighted by Crippen LogP contribution is 2.39. The van der Waals surface area contributed by atoms with Gasteiger partial charge in [-0.25, -0.2) is 19.9 Å². The van der Waals surface area contributed by atoms with Crippen molar-refractivity contribution < 1.29 is 14.4 Å². The average molecular weight is 577 g/mol. The molecule has 6 rings (SSSR count). The van der Waals surface area contributed by atoms with Gasteiger partial charge < -0.3 is 29.5 Å². The fourth-order valence-electron chi connectivity index (χ4n) is 5.21. The van der Waals surface area contributed by atoms with Gasteiger partial charge in [0.25, 0.3) is 0 Å². The first-order valence-corrected chi connectivity index (χ1v) is 14.1. The molecule has 4 aromatic rings. The number of aliphatic hydroxyl groups excluding tert-OH is 1. The van der Waals surface area contributed by atoms with Crippen molar-refractivity contribution in [2.24, 2.45) is 0 Å². The lowest BCUT2D eigenvalue weighted by Crippen LogP contribution is -2.38. The van der Waals surface area contributed by atoms with Crippen LogP contribution in [-0.2, 0) is 13.1 Å². The summed E-state index contributed by atoms with van der Waals surface area (Å²) in [6, 6.07) is 5.34. The number of aryl methyl sites for hydroxylation is 2. The first-order chi connectivity index (χ1) is 19.8. The molecule has 1 saturated heterocycles. The van der Waals surface area contributed by atoms with E-state index in [1.807, 2.05) is 33.0 Å². The number of fused-ring (bicyclic) bond motifs is 1. The quantitative estimate of drug-likeness (QED) is 0.302. The van der Waals surface area contributed by atoms with E-state index in [0.717, 1.165) is 58.6 Å². The minimum Gasteiger partial charge on any atom is -0.491 e. The van der Waals surface area contributed by atoms with Crippen LogP contribution in [0.4, 0.5) is 11.8 Å². The highest BCUT2D eigenvalue weighted by atomic mass is 35.5. The minimum atomic E-state index is -0.644. The van der Waals surface area contributed by atoms with Crippen LogP contribution in [0.5, 0.6) is 5.75 Å². The lowest BCUT2D eigenvalue weighted by atomic mass is 10.0. The summed E-state index contributed by atoms with van der Waals surface area (Å²) in [4.78, 5) is 23.9. The van der Waals surface area contributed by atoms with Crippen LogP contribution in [-0.4, -0.2) is 69.6 Å². The molecule has 0 unspecified atom stereocenters. The highest BCUT2D eigenvalue weighted by Gasteiger charge is 2.29. The summed E-state index contributed by atoms with van der Waals surface area (Å²) in [6.07, 6.45) is 2.46. The molecule has 0 radical (unpaired) electrons. The lowest BCUT2D eigenvalue weighted by molar-refractivity contribution is 0.108. The van der Waals surface area contributed by atoms with Gasteiger partial charge in [-0.15, -0.1) is 0 Å². The molecule has 0 bridgehead atoms. The van der Waals surface area contributed by atoms with Crippen molar-refractivity contribution >= 4 is 23.4 Å². The Balaban J connectivity index is 1.40. The molecule has 2 aliphatic rings. The first kappa shape index (κ1) is 27.4. The Morgan fingerprint density at radius 2 is 1.95 bits per heavy atom. The van der Waals surface area contributed by atoms with Crippen molar-refractivity contribution in [3.63, 3.8) is 0 Å². The molecule has 12 heteroatoms. The molecule has 214 valence electrons. The molecule has 1 aromatic carbocycles. The number of hydrogen-bond donors (Lipinski definition) is 2. The molecule has 2 aliphatic heterocycles. The molecule has 0 saturated carbocycles. The Morgan fingerprint density at radius 3 is 2.66 bits per heavy atom. The number of hydrogen-bond acceptors (Lipinski definition) is 11. The topological polar surface area (TPSA) is 126 Å². The van der Waals surface area contributed by atoms with Crippen molar-refractivity contribution in [2.75, 3.05) is 43.1 Å². The van der Waals surface area contributed by atoms with Crippen LogP contribution < -0.4 is 19.9 Å². The zero-order valence-corrected chi connectivity index (χ0v) is 24.4. The number of rotatable bonds is 9. The van der Waals surface area contributed by atoms with Crippen molar-refractivity contribution in [3.05, 3.63) is 57.7 Å². The van der Waals surface area contributed by atoms with E-state index in [1.165, 1.54) is 6.42 Å². The second-order valence-electron chi connectivity index (χ2n) is 10.5. The molecule has 5 heterocycles. The van der Waals surface area contributed by atoms with Crippen molar-refractivity contribution in [3.8, 4) is 28.4 Å². The Bertz CT molecular complexity index is 1570. The number of aromatic nitrogens is 5. The van der Waals surface area contributed by atoms with Gasteiger partial charge in [-0.1, -0.05) is 16.8 Å². The monoisotopic (exact) mass is 576 g/mol. The summed E-state index contributed by atoms with van der Waals surface area (Å²) in [5.41, 5.74) is 5.94. The van der Waals surface area contributed by atoms with Crippen LogP contribution in [0.2, 0.25) is 5.02 Å². The van der Waals surface area contributed by atoms with Crippen LogP contribution >= 0.6 is 11.6 Å². The Labute approximate surface area is 243 Å². The van der Waals surface area contributed by atoms with E-state index in [4.69, 9.17) is 35.8 Å². The predicted octanol–water partition coefficient (Wildman–Crippen LogP) is 3.86. The van der Waals surface area contributed by atoms with Crippen LogP contribution in [0.3, 0.4) is 0 Å². The van der Waals surface area contributed by atoms with Crippen LogP contribution in [0, 0.1) is 20.8 Å². The molecule has 0 amide bonds. The maximum Gasteiger partial charge on any atom is 0.225 e. The second kappa shape index (κ2) is 11.2. The number of likely N-dealkylation sites (N-methyl/N-ethyl adjacent to an activating group) is 1. The number of anilines is 2. The maximum atomic E-state index is 10.1. The molecule has 0 aliphatic carbocycles. The van der Waals surface area contributed by atoms with Crippen LogP contribution in [0.1, 0.15) is 34.7 Å². The molecule has 41 heavy (non-hydrogen) atoms. The van der Waals surface area contributed by atoms with Gasteiger partial charge in [0.1, 0.15) is 30.0 Å². The Hall–Kier alpha value is -3.80. The standard InChI is InChI=1S/C29H33ClN8O3/c1-16-26(25-17(2)36-41-18(25)3)34-27(22-10-21(6-7-23(22)30)40-15-20(39)12-31-4)35-28(16)38-13-19-11-32-29(33-24(19)14-38)37-8-5-9-37/h6-7,10-11,20,31,39H,5,8-9,12-15H2,1-4H3/t20-/m1/s1. The predicted molar refractivity (Wildman–Crippen MR) is 156 cm³/mol. The summed E-state index contributed by atoms with van der Waals surface area (Å²) in [5.74, 6) is 3.26. The lowest BCUT2D eigenvalue weighted by Gasteiger charge is -2.30. The van der Waals surface area contributed by atoms with Gasteiger partial charge in [0.05, 0.1) is 34.2 Å². The molecule has 2 N–H and O–H groups in total. The normalized spacial score (nSPS) is 15.2. The van der Waals surface area contributed by atoms with E-state index in [1.54, 1.807) is 19.2 Å². The van der Waals surface area contributed by atoms with Gasteiger partial charge in [0.2, 0.25) is 5.95 Å².